The molecule has 0 aliphatic carbocycles. The SMILES string of the molecule is COCCNCC(=O)NCC(C)N1CCCC(C)C1. The van der Waals surface area contributed by atoms with Gasteiger partial charge in [-0.25, -0.2) is 0 Å². The first-order valence-corrected chi connectivity index (χ1v) is 7.34. The number of nitrogens with one attached hydrogen (secondary N) is 2. The normalized spacial score (nSPS) is 22.2. The quantitative estimate of drug-likeness (QED) is 0.630. The number of amides is 1. The molecule has 0 bridgehead atoms. The molecule has 2 atom stereocenters. The van der Waals surface area contributed by atoms with E-state index in [1.54, 1.807) is 7.11 Å². The van der Waals surface area contributed by atoms with E-state index in [1.165, 1.54) is 12.8 Å². The minimum atomic E-state index is 0.0630. The van der Waals surface area contributed by atoms with Gasteiger partial charge >= 0.3 is 0 Å². The van der Waals surface area contributed by atoms with E-state index >= 15 is 0 Å². The summed E-state index contributed by atoms with van der Waals surface area (Å²) >= 11 is 0. The third-order valence-corrected chi connectivity index (χ3v) is 3.67. The first-order chi connectivity index (χ1) is 9.13. The number of ether oxygens (including phenoxy) is 1. The first kappa shape index (κ1) is 16.4. The Kier molecular flexibility index (Phi) is 8.02. The molecule has 1 aliphatic rings. The van der Waals surface area contributed by atoms with Crippen molar-refractivity contribution in [1.29, 1.82) is 0 Å². The molecule has 1 rings (SSSR count). The average molecular weight is 271 g/mol. The van der Waals surface area contributed by atoms with E-state index in [2.05, 4.69) is 29.4 Å². The molecule has 1 saturated heterocycles. The monoisotopic (exact) mass is 271 g/mol. The Morgan fingerprint density at radius 2 is 2.32 bits per heavy atom. The molecule has 2 N–H and O–H groups in total. The average Bonchev–Trinajstić information content (AvgIpc) is 2.41. The molecule has 0 radical (unpaired) electrons. The number of carbonyl (C=O) groups excluding carboxylic acids is 1. The van der Waals surface area contributed by atoms with Crippen LogP contribution in [0.4, 0.5) is 0 Å². The molecule has 0 aromatic heterocycles. The summed E-state index contributed by atoms with van der Waals surface area (Å²) in [7, 11) is 1.66. The Labute approximate surface area is 117 Å². The van der Waals surface area contributed by atoms with Gasteiger partial charge in [-0.3, -0.25) is 9.69 Å². The maximum atomic E-state index is 11.6. The molecule has 112 valence electrons. The molecule has 0 spiro atoms. The summed E-state index contributed by atoms with van der Waals surface area (Å²) in [6.45, 7) is 9.26. The number of hydrogen-bond donors (Lipinski definition) is 2. The molecule has 1 fully saturated rings. The fourth-order valence-electron chi connectivity index (χ4n) is 2.46. The summed E-state index contributed by atoms with van der Waals surface area (Å²) in [6.07, 6.45) is 2.61. The van der Waals surface area contributed by atoms with Crippen molar-refractivity contribution in [3.8, 4) is 0 Å². The van der Waals surface area contributed by atoms with E-state index in [4.69, 9.17) is 4.74 Å². The van der Waals surface area contributed by atoms with E-state index in [9.17, 15) is 4.79 Å². The van der Waals surface area contributed by atoms with Crippen LogP contribution in [-0.4, -0.2) is 63.3 Å². The van der Waals surface area contributed by atoms with Crippen LogP contribution < -0.4 is 10.6 Å². The van der Waals surface area contributed by atoms with Gasteiger partial charge in [-0.2, -0.15) is 0 Å². The third-order valence-electron chi connectivity index (χ3n) is 3.67. The Morgan fingerprint density at radius 1 is 1.53 bits per heavy atom. The number of hydrogen-bond acceptors (Lipinski definition) is 4. The smallest absolute Gasteiger partial charge is 0.234 e. The second-order valence-corrected chi connectivity index (χ2v) is 5.57. The van der Waals surface area contributed by atoms with Crippen LogP contribution in [0.15, 0.2) is 0 Å². The molecular formula is C14H29N3O2. The van der Waals surface area contributed by atoms with Crippen molar-refractivity contribution >= 4 is 5.91 Å². The van der Waals surface area contributed by atoms with E-state index in [-0.39, 0.29) is 5.91 Å². The molecule has 0 saturated carbocycles. The fourth-order valence-corrected chi connectivity index (χ4v) is 2.46. The summed E-state index contributed by atoms with van der Waals surface area (Å²) in [6, 6.07) is 0.422. The second kappa shape index (κ2) is 9.28. The predicted octanol–water partition coefficient (Wildman–Crippen LogP) is 0.459. The number of piperidine rings is 1. The number of likely N-dealkylation sites (tertiary alicyclic amines) is 1. The fraction of sp³-hybridized carbons (Fsp3) is 0.929. The number of nitrogens with zero attached hydrogens (tertiary/aromatic N) is 1. The number of rotatable bonds is 8. The van der Waals surface area contributed by atoms with E-state index in [1.807, 2.05) is 0 Å². The van der Waals surface area contributed by atoms with Crippen LogP contribution in [0.1, 0.15) is 26.7 Å². The van der Waals surface area contributed by atoms with Gasteiger partial charge in [-0.1, -0.05) is 6.92 Å². The van der Waals surface area contributed by atoms with Gasteiger partial charge in [0.2, 0.25) is 5.91 Å². The molecule has 0 aromatic carbocycles. The molecular weight excluding hydrogens is 242 g/mol. The van der Waals surface area contributed by atoms with Crippen molar-refractivity contribution in [1.82, 2.24) is 15.5 Å². The van der Waals surface area contributed by atoms with Crippen LogP contribution in [0, 0.1) is 5.92 Å². The number of methoxy groups -OCH3 is 1. The van der Waals surface area contributed by atoms with E-state index in [0.717, 1.165) is 25.6 Å². The largest absolute Gasteiger partial charge is 0.383 e. The minimum absolute atomic E-state index is 0.0630. The summed E-state index contributed by atoms with van der Waals surface area (Å²) < 4.78 is 4.91. The predicted molar refractivity (Wildman–Crippen MR) is 77.2 cm³/mol. The van der Waals surface area contributed by atoms with Gasteiger partial charge in [0.25, 0.3) is 0 Å². The Morgan fingerprint density at radius 3 is 3.00 bits per heavy atom. The maximum Gasteiger partial charge on any atom is 0.234 e. The van der Waals surface area contributed by atoms with E-state index < -0.39 is 0 Å². The molecule has 5 heteroatoms. The minimum Gasteiger partial charge on any atom is -0.383 e. The van der Waals surface area contributed by atoms with Crippen molar-refractivity contribution in [2.75, 3.05) is 46.4 Å². The summed E-state index contributed by atoms with van der Waals surface area (Å²) in [5.74, 6) is 0.843. The summed E-state index contributed by atoms with van der Waals surface area (Å²) in [5, 5.41) is 6.03. The first-order valence-electron chi connectivity index (χ1n) is 7.34. The van der Waals surface area contributed by atoms with Gasteiger partial charge in [0.1, 0.15) is 0 Å². The molecule has 1 amide bonds. The zero-order valence-electron chi connectivity index (χ0n) is 12.6. The molecule has 5 nitrogen and oxygen atoms in total. The van der Waals surface area contributed by atoms with Gasteiger partial charge in [-0.05, 0) is 32.2 Å². The highest BCUT2D eigenvalue weighted by Gasteiger charge is 2.20. The topological polar surface area (TPSA) is 53.6 Å². The zero-order chi connectivity index (χ0) is 14.1. The van der Waals surface area contributed by atoms with Crippen molar-refractivity contribution < 1.29 is 9.53 Å². The number of carbonyl (C=O) groups is 1. The molecule has 1 heterocycles. The van der Waals surface area contributed by atoms with Crippen LogP contribution in [0.3, 0.4) is 0 Å². The zero-order valence-corrected chi connectivity index (χ0v) is 12.6. The van der Waals surface area contributed by atoms with Gasteiger partial charge in [0.05, 0.1) is 13.2 Å². The Balaban J connectivity index is 2.11. The summed E-state index contributed by atoms with van der Waals surface area (Å²) in [4.78, 5) is 14.1. The van der Waals surface area contributed by atoms with Crippen molar-refractivity contribution in [2.45, 2.75) is 32.7 Å². The molecule has 0 aromatic rings. The standard InChI is InChI=1S/C14H29N3O2/c1-12-5-4-7-17(11-12)13(2)9-16-14(18)10-15-6-8-19-3/h12-13,15H,4-11H2,1-3H3,(H,16,18). The van der Waals surface area contributed by atoms with E-state index in [0.29, 0.717) is 25.7 Å². The highest BCUT2D eigenvalue weighted by Crippen LogP contribution is 2.17. The van der Waals surface area contributed by atoms with Gasteiger partial charge in [-0.15, -0.1) is 0 Å². The lowest BCUT2D eigenvalue weighted by atomic mass is 9.99. The van der Waals surface area contributed by atoms with Gasteiger partial charge in [0, 0.05) is 32.8 Å². The van der Waals surface area contributed by atoms with Crippen LogP contribution in [0.2, 0.25) is 0 Å². The van der Waals surface area contributed by atoms with Crippen molar-refractivity contribution in [3.63, 3.8) is 0 Å². The van der Waals surface area contributed by atoms with Crippen LogP contribution in [0.5, 0.6) is 0 Å². The Hall–Kier alpha value is -0.650. The van der Waals surface area contributed by atoms with Gasteiger partial charge in [0.15, 0.2) is 0 Å². The highest BCUT2D eigenvalue weighted by atomic mass is 16.5. The van der Waals surface area contributed by atoms with Gasteiger partial charge < -0.3 is 15.4 Å². The van der Waals surface area contributed by atoms with Crippen molar-refractivity contribution in [2.24, 2.45) is 5.92 Å². The molecule has 19 heavy (non-hydrogen) atoms. The lowest BCUT2D eigenvalue weighted by Gasteiger charge is -2.35. The second-order valence-electron chi connectivity index (χ2n) is 5.57. The Bertz CT molecular complexity index is 261. The maximum absolute atomic E-state index is 11.6. The highest BCUT2D eigenvalue weighted by molar-refractivity contribution is 5.77. The molecule has 2 unspecified atom stereocenters. The van der Waals surface area contributed by atoms with Crippen LogP contribution in [-0.2, 0) is 9.53 Å². The van der Waals surface area contributed by atoms with Crippen LogP contribution >= 0.6 is 0 Å². The summed E-state index contributed by atoms with van der Waals surface area (Å²) in [5.41, 5.74) is 0. The lowest BCUT2D eigenvalue weighted by Crippen LogP contribution is -2.47. The van der Waals surface area contributed by atoms with Crippen molar-refractivity contribution in [3.05, 3.63) is 0 Å². The lowest BCUT2D eigenvalue weighted by molar-refractivity contribution is -0.120. The third kappa shape index (κ3) is 6.89. The van der Waals surface area contributed by atoms with Crippen LogP contribution in [0.25, 0.3) is 0 Å². The molecule has 1 aliphatic heterocycles.